The molecule has 5 heteroatoms. The summed E-state index contributed by atoms with van der Waals surface area (Å²) in [4.78, 5) is 16.2. The Kier molecular flexibility index (Phi) is 2.49. The molecule has 0 N–H and O–H groups in total. The molecule has 0 fully saturated rings. The quantitative estimate of drug-likeness (QED) is 0.727. The molecule has 0 unspecified atom stereocenters. The summed E-state index contributed by atoms with van der Waals surface area (Å²) < 4.78 is 0.580. The van der Waals surface area contributed by atoms with E-state index in [9.17, 15) is 0 Å². The fourth-order valence-electron chi connectivity index (χ4n) is 1.11. The second kappa shape index (κ2) is 3.79. The molecule has 0 aliphatic heterocycles. The van der Waals surface area contributed by atoms with Crippen LogP contribution in [0, 0.1) is 6.92 Å². The molecule has 2 rings (SSSR count). The third-order valence-electron chi connectivity index (χ3n) is 1.68. The molecule has 0 saturated heterocycles. The van der Waals surface area contributed by atoms with Gasteiger partial charge in [-0.25, -0.2) is 19.9 Å². The molecular formula is C9H7BrN4. The van der Waals surface area contributed by atoms with Crippen LogP contribution < -0.4 is 0 Å². The predicted octanol–water partition coefficient (Wildman–Crippen LogP) is 2.00. The lowest BCUT2D eigenvalue weighted by Gasteiger charge is -2.00. The van der Waals surface area contributed by atoms with Gasteiger partial charge in [0.1, 0.15) is 6.33 Å². The summed E-state index contributed by atoms with van der Waals surface area (Å²) in [5, 5.41) is 0. The average molecular weight is 251 g/mol. The second-order valence-corrected chi connectivity index (χ2v) is 3.50. The number of rotatable bonds is 1. The van der Waals surface area contributed by atoms with Gasteiger partial charge in [0.2, 0.25) is 0 Å². The lowest BCUT2D eigenvalue weighted by Crippen LogP contribution is -1.91. The summed E-state index contributed by atoms with van der Waals surface area (Å²) in [7, 11) is 0. The summed E-state index contributed by atoms with van der Waals surface area (Å²) >= 11 is 3.25. The molecule has 4 nitrogen and oxygen atoms in total. The summed E-state index contributed by atoms with van der Waals surface area (Å²) in [5.74, 6) is 0. The van der Waals surface area contributed by atoms with Crippen LogP contribution in [0.15, 0.2) is 29.5 Å². The second-order valence-electron chi connectivity index (χ2n) is 2.79. The van der Waals surface area contributed by atoms with Crippen molar-refractivity contribution in [2.24, 2.45) is 0 Å². The van der Waals surface area contributed by atoms with E-state index in [0.717, 1.165) is 17.0 Å². The van der Waals surface area contributed by atoms with Crippen molar-refractivity contribution in [1.29, 1.82) is 0 Å². The smallest absolute Gasteiger partial charge is 0.197 e. The number of nitrogens with zero attached hydrogens (tertiary/aromatic N) is 4. The third kappa shape index (κ3) is 1.93. The van der Waals surface area contributed by atoms with Gasteiger partial charge in [0, 0.05) is 23.7 Å². The molecule has 0 atom stereocenters. The summed E-state index contributed by atoms with van der Waals surface area (Å²) in [6, 6.07) is 1.89. The molecule has 2 heterocycles. The molecule has 0 radical (unpaired) electrons. The van der Waals surface area contributed by atoms with Crippen LogP contribution in [-0.2, 0) is 0 Å². The van der Waals surface area contributed by atoms with E-state index < -0.39 is 0 Å². The number of aromatic nitrogens is 4. The molecule has 2 aromatic heterocycles. The van der Waals surface area contributed by atoms with Crippen LogP contribution in [0.25, 0.3) is 11.3 Å². The van der Waals surface area contributed by atoms with E-state index in [-0.39, 0.29) is 0 Å². The van der Waals surface area contributed by atoms with Crippen LogP contribution in [0.2, 0.25) is 0 Å². The maximum atomic E-state index is 4.23. The summed E-state index contributed by atoms with van der Waals surface area (Å²) in [5.41, 5.74) is 2.62. The maximum absolute atomic E-state index is 4.23. The third-order valence-corrected chi connectivity index (χ3v) is 2.04. The van der Waals surface area contributed by atoms with Gasteiger partial charge in [-0.1, -0.05) is 0 Å². The van der Waals surface area contributed by atoms with E-state index >= 15 is 0 Å². The molecule has 0 saturated carbocycles. The van der Waals surface area contributed by atoms with Gasteiger partial charge in [-0.15, -0.1) is 0 Å². The van der Waals surface area contributed by atoms with E-state index in [1.165, 1.54) is 6.33 Å². The average Bonchev–Trinajstić information content (AvgIpc) is 2.18. The molecule has 0 aliphatic carbocycles. The first-order chi connectivity index (χ1) is 6.75. The molecule has 2 aromatic rings. The van der Waals surface area contributed by atoms with Crippen LogP contribution >= 0.6 is 15.9 Å². The number of halogens is 1. The number of aryl methyl sites for hydroxylation is 1. The fourth-order valence-corrected chi connectivity index (χ4v) is 1.58. The Bertz CT molecular complexity index is 424. The van der Waals surface area contributed by atoms with E-state index in [1.54, 1.807) is 12.4 Å². The fraction of sp³-hybridized carbons (Fsp3) is 0.111. The Morgan fingerprint density at radius 2 is 1.86 bits per heavy atom. The highest BCUT2D eigenvalue weighted by molar-refractivity contribution is 9.10. The summed E-state index contributed by atoms with van der Waals surface area (Å²) in [6.07, 6.45) is 4.94. The SMILES string of the molecule is Cc1cc(-c2cncnc2)nc(Br)n1. The Morgan fingerprint density at radius 1 is 1.14 bits per heavy atom. The van der Waals surface area contributed by atoms with Crippen molar-refractivity contribution in [2.75, 3.05) is 0 Å². The van der Waals surface area contributed by atoms with Crippen molar-refractivity contribution >= 4 is 15.9 Å². The van der Waals surface area contributed by atoms with Crippen molar-refractivity contribution in [3.63, 3.8) is 0 Å². The van der Waals surface area contributed by atoms with Crippen molar-refractivity contribution in [2.45, 2.75) is 6.92 Å². The molecule has 70 valence electrons. The Morgan fingerprint density at radius 3 is 2.50 bits per heavy atom. The largest absolute Gasteiger partial charge is 0.244 e. The Balaban J connectivity index is 2.52. The summed E-state index contributed by atoms with van der Waals surface area (Å²) in [6.45, 7) is 1.92. The normalized spacial score (nSPS) is 10.1. The van der Waals surface area contributed by atoms with Gasteiger partial charge in [0.05, 0.1) is 5.69 Å². The van der Waals surface area contributed by atoms with Gasteiger partial charge in [-0.2, -0.15) is 0 Å². The first kappa shape index (κ1) is 9.21. The first-order valence-electron chi connectivity index (χ1n) is 4.02. The molecule has 0 bridgehead atoms. The van der Waals surface area contributed by atoms with Gasteiger partial charge >= 0.3 is 0 Å². The monoisotopic (exact) mass is 250 g/mol. The van der Waals surface area contributed by atoms with Gasteiger partial charge in [-0.05, 0) is 28.9 Å². The molecule has 14 heavy (non-hydrogen) atoms. The zero-order chi connectivity index (χ0) is 9.97. The van der Waals surface area contributed by atoms with Gasteiger partial charge in [0.15, 0.2) is 4.73 Å². The van der Waals surface area contributed by atoms with Crippen molar-refractivity contribution in [1.82, 2.24) is 19.9 Å². The zero-order valence-electron chi connectivity index (χ0n) is 7.48. The maximum Gasteiger partial charge on any atom is 0.197 e. The van der Waals surface area contributed by atoms with E-state index in [0.29, 0.717) is 4.73 Å². The molecule has 0 aromatic carbocycles. The minimum atomic E-state index is 0.580. The highest BCUT2D eigenvalue weighted by atomic mass is 79.9. The van der Waals surface area contributed by atoms with Crippen LogP contribution in [0.3, 0.4) is 0 Å². The number of hydrogen-bond donors (Lipinski definition) is 0. The standard InChI is InChI=1S/C9H7BrN4/c1-6-2-8(14-9(10)13-6)7-3-11-5-12-4-7/h2-5H,1H3. The van der Waals surface area contributed by atoms with Gasteiger partial charge in [-0.3, -0.25) is 0 Å². The topological polar surface area (TPSA) is 51.6 Å². The van der Waals surface area contributed by atoms with Crippen LogP contribution in [-0.4, -0.2) is 19.9 Å². The molecule has 0 spiro atoms. The van der Waals surface area contributed by atoms with E-state index in [1.807, 2.05) is 13.0 Å². The minimum absolute atomic E-state index is 0.580. The van der Waals surface area contributed by atoms with Crippen LogP contribution in [0.5, 0.6) is 0 Å². The zero-order valence-corrected chi connectivity index (χ0v) is 9.06. The highest BCUT2D eigenvalue weighted by Crippen LogP contribution is 2.16. The van der Waals surface area contributed by atoms with Gasteiger partial charge < -0.3 is 0 Å². The Labute approximate surface area is 89.6 Å². The number of hydrogen-bond acceptors (Lipinski definition) is 4. The van der Waals surface area contributed by atoms with Gasteiger partial charge in [0.25, 0.3) is 0 Å². The van der Waals surface area contributed by atoms with Crippen LogP contribution in [0.1, 0.15) is 5.69 Å². The highest BCUT2D eigenvalue weighted by Gasteiger charge is 2.02. The first-order valence-corrected chi connectivity index (χ1v) is 4.81. The molecule has 0 amide bonds. The van der Waals surface area contributed by atoms with Crippen molar-refractivity contribution < 1.29 is 0 Å². The molecule has 0 aliphatic rings. The van der Waals surface area contributed by atoms with Crippen molar-refractivity contribution in [3.05, 3.63) is 35.2 Å². The molecular weight excluding hydrogens is 244 g/mol. The lowest BCUT2D eigenvalue weighted by atomic mass is 10.2. The Hall–Kier alpha value is -1.36. The van der Waals surface area contributed by atoms with E-state index in [2.05, 4.69) is 35.9 Å². The predicted molar refractivity (Wildman–Crippen MR) is 55.5 cm³/mol. The minimum Gasteiger partial charge on any atom is -0.244 e. The van der Waals surface area contributed by atoms with E-state index in [4.69, 9.17) is 0 Å². The van der Waals surface area contributed by atoms with Crippen LogP contribution in [0.4, 0.5) is 0 Å². The van der Waals surface area contributed by atoms with Crippen molar-refractivity contribution in [3.8, 4) is 11.3 Å². The lowest BCUT2D eigenvalue weighted by molar-refractivity contribution is 1.05.